The van der Waals surface area contributed by atoms with Gasteiger partial charge < -0.3 is 10.1 Å². The van der Waals surface area contributed by atoms with Crippen LogP contribution in [0.1, 0.15) is 5.56 Å². The molecule has 0 radical (unpaired) electrons. The summed E-state index contributed by atoms with van der Waals surface area (Å²) in [5.74, 6) is -0.303. The van der Waals surface area contributed by atoms with Crippen LogP contribution in [-0.2, 0) is 0 Å². The zero-order valence-corrected chi connectivity index (χ0v) is 11.5. The lowest BCUT2D eigenvalue weighted by Gasteiger charge is -2.07. The Morgan fingerprint density at radius 3 is 2.81 bits per heavy atom. The molecule has 9 heteroatoms. The molecule has 0 fully saturated rings. The van der Waals surface area contributed by atoms with Gasteiger partial charge in [0.2, 0.25) is 0 Å². The predicted octanol–water partition coefficient (Wildman–Crippen LogP) is 1.64. The molecular formula is C12H8N4O4S. The molecular weight excluding hydrogens is 296 g/mol. The van der Waals surface area contributed by atoms with E-state index in [0.717, 1.165) is 30.0 Å². The molecule has 0 saturated carbocycles. The molecule has 21 heavy (non-hydrogen) atoms. The first kappa shape index (κ1) is 14.5. The van der Waals surface area contributed by atoms with Gasteiger partial charge in [-0.1, -0.05) is 11.8 Å². The molecule has 106 valence electrons. The van der Waals surface area contributed by atoms with Crippen LogP contribution in [0.5, 0.6) is 5.75 Å². The highest BCUT2D eigenvalue weighted by Crippen LogP contribution is 2.32. The Bertz CT molecular complexity index is 825. The minimum atomic E-state index is -0.669. The Labute approximate surface area is 122 Å². The third-order valence-corrected chi connectivity index (χ3v) is 3.23. The number of aromatic hydroxyl groups is 1. The number of phenols is 1. The van der Waals surface area contributed by atoms with Crippen LogP contribution in [0.15, 0.2) is 28.2 Å². The van der Waals surface area contributed by atoms with Crippen LogP contribution in [-0.4, -0.2) is 26.3 Å². The zero-order chi connectivity index (χ0) is 15.6. The first-order valence-corrected chi connectivity index (χ1v) is 6.76. The van der Waals surface area contributed by atoms with Crippen molar-refractivity contribution in [1.29, 1.82) is 5.26 Å². The van der Waals surface area contributed by atoms with Gasteiger partial charge >= 0.3 is 0 Å². The second kappa shape index (κ2) is 5.64. The van der Waals surface area contributed by atoms with Crippen molar-refractivity contribution in [2.75, 3.05) is 6.26 Å². The molecule has 0 spiro atoms. The van der Waals surface area contributed by atoms with Crippen molar-refractivity contribution in [3.8, 4) is 23.1 Å². The SMILES string of the molecule is CSc1nc(-c2cc([N+](=O)[O-])ccc2O)c(C#N)c(=O)[nH]1. The molecule has 0 aliphatic carbocycles. The van der Waals surface area contributed by atoms with E-state index in [2.05, 4.69) is 9.97 Å². The molecule has 1 heterocycles. The lowest BCUT2D eigenvalue weighted by atomic mass is 10.1. The number of H-pyrrole nitrogens is 1. The first-order valence-electron chi connectivity index (χ1n) is 5.54. The number of hydrogen-bond donors (Lipinski definition) is 2. The summed E-state index contributed by atoms with van der Waals surface area (Å²) in [6.45, 7) is 0. The van der Waals surface area contributed by atoms with Gasteiger partial charge in [0.15, 0.2) is 5.16 Å². The molecule has 0 aliphatic rings. The van der Waals surface area contributed by atoms with Crippen molar-refractivity contribution in [3.05, 3.63) is 44.2 Å². The summed E-state index contributed by atoms with van der Waals surface area (Å²) in [6, 6.07) is 5.00. The van der Waals surface area contributed by atoms with Crippen molar-refractivity contribution < 1.29 is 10.0 Å². The summed E-state index contributed by atoms with van der Waals surface area (Å²) in [5.41, 5.74) is -1.39. The van der Waals surface area contributed by atoms with E-state index in [9.17, 15) is 20.0 Å². The van der Waals surface area contributed by atoms with Crippen LogP contribution in [0, 0.1) is 21.4 Å². The van der Waals surface area contributed by atoms with E-state index in [1.54, 1.807) is 12.3 Å². The van der Waals surface area contributed by atoms with E-state index >= 15 is 0 Å². The highest BCUT2D eigenvalue weighted by molar-refractivity contribution is 7.98. The van der Waals surface area contributed by atoms with Crippen molar-refractivity contribution >= 4 is 17.4 Å². The molecule has 0 aliphatic heterocycles. The Kier molecular flexibility index (Phi) is 3.91. The lowest BCUT2D eigenvalue weighted by molar-refractivity contribution is -0.384. The standard InChI is InChI=1S/C12H8N4O4S/c1-21-12-14-10(8(5-13)11(18)15-12)7-4-6(16(19)20)2-3-9(7)17/h2-4,17H,1H3,(H,14,15,18). The predicted molar refractivity (Wildman–Crippen MR) is 75.1 cm³/mol. The van der Waals surface area contributed by atoms with Crippen molar-refractivity contribution in [2.24, 2.45) is 0 Å². The number of nitrogens with zero attached hydrogens (tertiary/aromatic N) is 3. The molecule has 0 saturated heterocycles. The molecule has 2 N–H and O–H groups in total. The summed E-state index contributed by atoms with van der Waals surface area (Å²) >= 11 is 1.14. The number of nitrogens with one attached hydrogen (secondary N) is 1. The van der Waals surface area contributed by atoms with E-state index in [0.29, 0.717) is 0 Å². The molecule has 1 aromatic heterocycles. The maximum Gasteiger partial charge on any atom is 0.270 e. The number of nitriles is 1. The Balaban J connectivity index is 2.80. The highest BCUT2D eigenvalue weighted by atomic mass is 32.2. The van der Waals surface area contributed by atoms with E-state index in [-0.39, 0.29) is 33.4 Å². The van der Waals surface area contributed by atoms with Crippen LogP contribution < -0.4 is 5.56 Å². The molecule has 0 bridgehead atoms. The number of benzene rings is 1. The normalized spacial score (nSPS) is 10.1. The number of aromatic amines is 1. The summed E-state index contributed by atoms with van der Waals surface area (Å²) in [5, 5.41) is 30.0. The fourth-order valence-corrected chi connectivity index (χ4v) is 2.05. The summed E-state index contributed by atoms with van der Waals surface area (Å²) in [7, 11) is 0. The fraction of sp³-hybridized carbons (Fsp3) is 0.0833. The molecule has 0 amide bonds. The monoisotopic (exact) mass is 304 g/mol. The maximum atomic E-state index is 11.8. The van der Waals surface area contributed by atoms with Crippen molar-refractivity contribution in [1.82, 2.24) is 9.97 Å². The van der Waals surface area contributed by atoms with Gasteiger partial charge in [-0.25, -0.2) is 4.98 Å². The third kappa shape index (κ3) is 2.70. The quantitative estimate of drug-likeness (QED) is 0.381. The first-order chi connectivity index (χ1) is 9.97. The number of thioether (sulfide) groups is 1. The average Bonchev–Trinajstić information content (AvgIpc) is 2.46. The topological polar surface area (TPSA) is 133 Å². The number of aromatic nitrogens is 2. The molecule has 1 aromatic carbocycles. The van der Waals surface area contributed by atoms with E-state index in [1.165, 1.54) is 0 Å². The number of rotatable bonds is 3. The van der Waals surface area contributed by atoms with Crippen LogP contribution in [0.3, 0.4) is 0 Å². The largest absolute Gasteiger partial charge is 0.507 e. The number of hydrogen-bond acceptors (Lipinski definition) is 7. The number of nitro groups is 1. The minimum Gasteiger partial charge on any atom is -0.507 e. The Hall–Kier alpha value is -2.86. The van der Waals surface area contributed by atoms with Gasteiger partial charge in [-0.2, -0.15) is 5.26 Å². The average molecular weight is 304 g/mol. The van der Waals surface area contributed by atoms with Crippen LogP contribution >= 0.6 is 11.8 Å². The van der Waals surface area contributed by atoms with E-state index < -0.39 is 10.5 Å². The molecule has 8 nitrogen and oxygen atoms in total. The number of phenolic OH excluding ortho intramolecular Hbond substituents is 1. The van der Waals surface area contributed by atoms with E-state index in [4.69, 9.17) is 5.26 Å². The van der Waals surface area contributed by atoms with Gasteiger partial charge in [0.25, 0.3) is 11.2 Å². The van der Waals surface area contributed by atoms with Gasteiger partial charge in [0.1, 0.15) is 23.1 Å². The van der Waals surface area contributed by atoms with E-state index in [1.807, 2.05) is 0 Å². The lowest BCUT2D eigenvalue weighted by Crippen LogP contribution is -2.14. The summed E-state index contributed by atoms with van der Waals surface area (Å²) in [4.78, 5) is 28.4. The van der Waals surface area contributed by atoms with Gasteiger partial charge in [-0.15, -0.1) is 0 Å². The highest BCUT2D eigenvalue weighted by Gasteiger charge is 2.19. The molecule has 2 aromatic rings. The van der Waals surface area contributed by atoms with Crippen LogP contribution in [0.4, 0.5) is 5.69 Å². The zero-order valence-electron chi connectivity index (χ0n) is 10.7. The second-order valence-electron chi connectivity index (χ2n) is 3.87. The van der Waals surface area contributed by atoms with Crippen molar-refractivity contribution in [2.45, 2.75) is 5.16 Å². The summed E-state index contributed by atoms with van der Waals surface area (Å²) < 4.78 is 0. The number of non-ortho nitro benzene ring substituents is 1. The maximum absolute atomic E-state index is 11.8. The van der Waals surface area contributed by atoms with Crippen LogP contribution in [0.2, 0.25) is 0 Å². The van der Waals surface area contributed by atoms with Crippen molar-refractivity contribution in [3.63, 3.8) is 0 Å². The van der Waals surface area contributed by atoms with Gasteiger partial charge in [0, 0.05) is 12.1 Å². The molecule has 0 atom stereocenters. The molecule has 0 unspecified atom stereocenters. The third-order valence-electron chi connectivity index (χ3n) is 2.65. The van der Waals surface area contributed by atoms with Gasteiger partial charge in [0.05, 0.1) is 10.5 Å². The van der Waals surface area contributed by atoms with Gasteiger partial charge in [-0.3, -0.25) is 14.9 Å². The molecule has 2 rings (SSSR count). The summed E-state index contributed by atoms with van der Waals surface area (Å²) in [6.07, 6.45) is 1.67. The minimum absolute atomic E-state index is 0.0397. The Morgan fingerprint density at radius 1 is 1.52 bits per heavy atom. The number of nitro benzene ring substituents is 1. The smallest absolute Gasteiger partial charge is 0.270 e. The fourth-order valence-electron chi connectivity index (χ4n) is 1.68. The van der Waals surface area contributed by atoms with Gasteiger partial charge in [-0.05, 0) is 12.3 Å². The Morgan fingerprint density at radius 2 is 2.24 bits per heavy atom. The van der Waals surface area contributed by atoms with Crippen LogP contribution in [0.25, 0.3) is 11.3 Å². The second-order valence-corrected chi connectivity index (χ2v) is 4.66.